The Hall–Kier alpha value is 2.38. The molecule has 0 aliphatic rings. The molecule has 0 aliphatic carbocycles. The van der Waals surface area contributed by atoms with Gasteiger partial charge in [0.05, 0.1) is 0 Å². The van der Waals surface area contributed by atoms with Gasteiger partial charge in [0.25, 0.3) is 0 Å². The van der Waals surface area contributed by atoms with E-state index in [0.717, 1.165) is 0 Å². The van der Waals surface area contributed by atoms with Crippen molar-refractivity contribution in [1.82, 2.24) is 0 Å². The second-order valence-corrected chi connectivity index (χ2v) is 7.20. The van der Waals surface area contributed by atoms with Crippen LogP contribution < -0.4 is 29.4 Å². The zero-order chi connectivity index (χ0) is 15.0. The van der Waals surface area contributed by atoms with E-state index in [0.29, 0.717) is 5.75 Å². The monoisotopic (exact) mass is 402 g/mol. The second-order valence-electron chi connectivity index (χ2n) is 2.73. The van der Waals surface area contributed by atoms with E-state index in [2.05, 4.69) is 23.6 Å². The zero-order valence-electron chi connectivity index (χ0n) is 11.0. The normalized spacial score (nSPS) is 9.10. The summed E-state index contributed by atoms with van der Waals surface area (Å²) in [6.07, 6.45) is 0. The molecule has 0 spiro atoms. The molecule has 0 unspecified atom stereocenters. The molecular weight excluding hydrogens is 395 g/mol. The van der Waals surface area contributed by atoms with E-state index in [9.17, 15) is 0 Å². The molecule has 1 N–H and O–H groups in total. The third kappa shape index (κ3) is 60.7. The summed E-state index contributed by atoms with van der Waals surface area (Å²) in [5, 5.41) is 8.76. The summed E-state index contributed by atoms with van der Waals surface area (Å²) in [7, 11) is 0. The Morgan fingerprint density at radius 3 is 1.10 bits per heavy atom. The first-order valence-electron chi connectivity index (χ1n) is 4.01. The van der Waals surface area contributed by atoms with Gasteiger partial charge in [-0.05, 0) is 19.1 Å². The number of phenols is 1. The standard InChI is InChI=1S/C7H8O.3Mg.2H3O3PS/c1-6-2-4-7(8)5-3-6;;;;2*1-4(2,3)5/h2-5,8H,1H3;;;;2*(H3,1,2,3,5)/q;3*+2;;/p-6. The third-order valence-corrected chi connectivity index (χ3v) is 1.03. The quantitative estimate of drug-likeness (QED) is 0.331. The van der Waals surface area contributed by atoms with E-state index in [1.165, 1.54) is 5.56 Å². The maximum Gasteiger partial charge on any atom is 2.00 e. The second kappa shape index (κ2) is 17.2. The van der Waals surface area contributed by atoms with Crippen LogP contribution >= 0.6 is 13.4 Å². The van der Waals surface area contributed by atoms with Crippen molar-refractivity contribution in [1.29, 1.82) is 0 Å². The maximum absolute atomic E-state index is 8.92. The zero-order valence-corrected chi connectivity index (χ0v) is 18.7. The van der Waals surface area contributed by atoms with Gasteiger partial charge >= 0.3 is 69.2 Å². The molecule has 14 heteroatoms. The summed E-state index contributed by atoms with van der Waals surface area (Å²) >= 11 is 6.54. The van der Waals surface area contributed by atoms with Crippen LogP contribution in [0.2, 0.25) is 0 Å². The van der Waals surface area contributed by atoms with Crippen molar-refractivity contribution >= 4 is 106 Å². The van der Waals surface area contributed by atoms with Gasteiger partial charge in [-0.15, -0.1) is 0 Å². The molecule has 21 heavy (non-hydrogen) atoms. The van der Waals surface area contributed by atoms with Crippen LogP contribution in [-0.2, 0) is 23.6 Å². The molecule has 0 aliphatic heterocycles. The van der Waals surface area contributed by atoms with Gasteiger partial charge in [-0.2, -0.15) is 23.6 Å². The first kappa shape index (κ1) is 34.7. The van der Waals surface area contributed by atoms with Gasteiger partial charge in [-0.25, -0.2) is 0 Å². The molecule has 0 aromatic heterocycles. The van der Waals surface area contributed by atoms with Crippen LogP contribution in [0.4, 0.5) is 0 Å². The smallest absolute Gasteiger partial charge is 0.844 e. The van der Waals surface area contributed by atoms with Gasteiger partial charge in [0.1, 0.15) is 5.75 Å². The topological polar surface area (TPSA) is 159 Å². The number of hydrogen-bond acceptors (Lipinski definition) is 9. The maximum atomic E-state index is 8.92. The van der Waals surface area contributed by atoms with Gasteiger partial charge in [-0.3, -0.25) is 0 Å². The molecule has 0 saturated heterocycles. The molecule has 0 saturated carbocycles. The van der Waals surface area contributed by atoms with Gasteiger partial charge < -0.3 is 47.9 Å². The number of aryl methyl sites for hydroxylation is 1. The van der Waals surface area contributed by atoms with Gasteiger partial charge in [0, 0.05) is 0 Å². The van der Waals surface area contributed by atoms with E-state index in [4.69, 9.17) is 34.5 Å². The van der Waals surface area contributed by atoms with E-state index >= 15 is 0 Å². The molecule has 0 bridgehead atoms. The number of benzene rings is 1. The molecule has 106 valence electrons. The summed E-state index contributed by atoms with van der Waals surface area (Å²) in [5.74, 6) is 0.329. The number of aromatic hydroxyl groups is 1. The van der Waals surface area contributed by atoms with Crippen molar-refractivity contribution < 1.29 is 34.5 Å². The van der Waals surface area contributed by atoms with Crippen molar-refractivity contribution in [2.75, 3.05) is 0 Å². The van der Waals surface area contributed by atoms with E-state index in [1.807, 2.05) is 19.1 Å². The predicted octanol–water partition coefficient (Wildman–Crippen LogP) is -4.86. The molecule has 1 aromatic rings. The van der Waals surface area contributed by atoms with Crippen LogP contribution in [0, 0.1) is 6.92 Å². The van der Waals surface area contributed by atoms with E-state index in [1.54, 1.807) is 12.1 Å². The van der Waals surface area contributed by atoms with Crippen LogP contribution in [0.15, 0.2) is 24.3 Å². The molecule has 0 fully saturated rings. The molecule has 7 nitrogen and oxygen atoms in total. The Kier molecular flexibility index (Phi) is 28.4. The Morgan fingerprint density at radius 2 is 0.952 bits per heavy atom. The minimum Gasteiger partial charge on any atom is -0.844 e. The Bertz CT molecular complexity index is 379. The summed E-state index contributed by atoms with van der Waals surface area (Å²) in [5.41, 5.74) is 1.17. The Labute approximate surface area is 181 Å². The first-order valence-corrected chi connectivity index (χ1v) is 9.12. The fraction of sp³-hybridized carbons (Fsp3) is 0.143. The average molecular weight is 403 g/mol. The number of hydrogen-bond donors (Lipinski definition) is 1. The molecule has 0 radical (unpaired) electrons. The Morgan fingerprint density at radius 1 is 0.762 bits per heavy atom. The summed E-state index contributed by atoms with van der Waals surface area (Å²) in [6, 6.07) is 7.09. The molecule has 0 atom stereocenters. The molecular formula is C7H8Mg3O7P2S2. The fourth-order valence-corrected chi connectivity index (χ4v) is 0.545. The van der Waals surface area contributed by atoms with Gasteiger partial charge in [0.15, 0.2) is 0 Å². The van der Waals surface area contributed by atoms with Crippen LogP contribution in [-0.4, -0.2) is 74.3 Å². The minimum atomic E-state index is -4.56. The van der Waals surface area contributed by atoms with Gasteiger partial charge in [0.2, 0.25) is 0 Å². The van der Waals surface area contributed by atoms with E-state index in [-0.39, 0.29) is 69.2 Å². The SMILES string of the molecule is Cc1ccc(O)cc1.[Mg+2].[Mg+2].[Mg+2].[O-]P([O-])([O-])=S.[O-]P([O-])([O-])=S. The average Bonchev–Trinajstić information content (AvgIpc) is 2.04. The van der Waals surface area contributed by atoms with Crippen LogP contribution in [0.3, 0.4) is 0 Å². The first-order chi connectivity index (χ1) is 7.79. The Balaban J connectivity index is -0.0000000595. The largest absolute Gasteiger partial charge is 2.00 e. The van der Waals surface area contributed by atoms with Crippen molar-refractivity contribution in [3.63, 3.8) is 0 Å². The molecule has 1 aromatic carbocycles. The fourth-order valence-electron chi connectivity index (χ4n) is 0.545. The van der Waals surface area contributed by atoms with Gasteiger partial charge in [-0.1, -0.05) is 17.7 Å². The van der Waals surface area contributed by atoms with Crippen molar-refractivity contribution in [3.05, 3.63) is 29.8 Å². The van der Waals surface area contributed by atoms with Crippen molar-refractivity contribution in [2.24, 2.45) is 0 Å². The molecule has 1 rings (SSSR count). The van der Waals surface area contributed by atoms with Crippen molar-refractivity contribution in [3.8, 4) is 5.75 Å². The van der Waals surface area contributed by atoms with Crippen molar-refractivity contribution in [2.45, 2.75) is 6.92 Å². The number of phenolic OH excluding ortho intramolecular Hbond substituents is 1. The molecule has 0 amide bonds. The van der Waals surface area contributed by atoms with E-state index < -0.39 is 13.4 Å². The third-order valence-electron chi connectivity index (χ3n) is 1.03. The summed E-state index contributed by atoms with van der Waals surface area (Å²) < 4.78 is 0. The molecule has 0 heterocycles. The predicted molar refractivity (Wildman–Crippen MR) is 78.7 cm³/mol. The summed E-state index contributed by atoms with van der Waals surface area (Å²) in [4.78, 5) is 53.5. The van der Waals surface area contributed by atoms with Crippen LogP contribution in [0.1, 0.15) is 5.56 Å². The van der Waals surface area contributed by atoms with Crippen LogP contribution in [0.5, 0.6) is 5.75 Å². The number of rotatable bonds is 0. The summed E-state index contributed by atoms with van der Waals surface area (Å²) in [6.45, 7) is -7.13. The van der Waals surface area contributed by atoms with Crippen LogP contribution in [0.25, 0.3) is 0 Å². The minimum absolute atomic E-state index is 0.